The normalized spacial score (nSPS) is 14.9. The Balaban J connectivity index is 1.79. The minimum absolute atomic E-state index is 0.0633. The number of aromatic nitrogens is 2. The van der Waals surface area contributed by atoms with Gasteiger partial charge in [0.05, 0.1) is 24.4 Å². The Morgan fingerprint density at radius 2 is 2.12 bits per heavy atom. The number of amides is 1. The molecule has 0 atom stereocenters. The summed E-state index contributed by atoms with van der Waals surface area (Å²) in [5.41, 5.74) is 0.222. The third kappa shape index (κ3) is 3.28. The van der Waals surface area contributed by atoms with Crippen molar-refractivity contribution in [1.82, 2.24) is 14.5 Å². The lowest BCUT2D eigenvalue weighted by Gasteiger charge is -2.25. The summed E-state index contributed by atoms with van der Waals surface area (Å²) in [6.07, 6.45) is 6.18. The molecule has 0 saturated heterocycles. The van der Waals surface area contributed by atoms with Gasteiger partial charge in [-0.15, -0.1) is 0 Å². The van der Waals surface area contributed by atoms with Crippen molar-refractivity contribution in [3.05, 3.63) is 42.2 Å². The number of sulfonamides is 1. The Labute approximate surface area is 140 Å². The van der Waals surface area contributed by atoms with Gasteiger partial charge < -0.3 is 4.74 Å². The van der Waals surface area contributed by atoms with Gasteiger partial charge in [-0.05, 0) is 38.3 Å². The molecule has 1 aromatic heterocycles. The Bertz CT molecular complexity index is 841. The molecule has 1 aromatic carbocycles. The second-order valence-corrected chi connectivity index (χ2v) is 7.26. The lowest BCUT2D eigenvalue weighted by molar-refractivity contribution is 0.0981. The molecule has 3 rings (SSSR count). The summed E-state index contributed by atoms with van der Waals surface area (Å²) in [5.74, 6) is -0.489. The highest BCUT2D eigenvalue weighted by Crippen LogP contribution is 2.30. The zero-order chi connectivity index (χ0) is 17.2. The number of carbonyl (C=O) groups excluding carboxylic acids is 1. The van der Waals surface area contributed by atoms with E-state index in [-0.39, 0.29) is 16.2 Å². The highest BCUT2D eigenvalue weighted by atomic mass is 32.2. The van der Waals surface area contributed by atoms with Gasteiger partial charge in [-0.1, -0.05) is 12.1 Å². The highest BCUT2D eigenvalue weighted by molar-refractivity contribution is 7.90. The van der Waals surface area contributed by atoms with Gasteiger partial charge in [0.15, 0.2) is 0 Å². The van der Waals surface area contributed by atoms with Crippen molar-refractivity contribution in [2.75, 3.05) is 6.61 Å². The molecule has 0 unspecified atom stereocenters. The number of nitrogens with zero attached hydrogens (tertiary/aromatic N) is 2. The molecule has 1 fully saturated rings. The van der Waals surface area contributed by atoms with E-state index in [0.29, 0.717) is 12.6 Å². The Hall–Kier alpha value is -2.35. The van der Waals surface area contributed by atoms with Crippen molar-refractivity contribution in [2.45, 2.75) is 37.1 Å². The number of para-hydroxylation sites is 1. The number of nitrogens with one attached hydrogen (secondary N) is 1. The SMILES string of the molecule is CCOc1ccccc1S(=O)(=O)NC(=O)c1cnn(C2CCC2)c1. The highest BCUT2D eigenvalue weighted by Gasteiger charge is 2.25. The first-order chi connectivity index (χ1) is 11.5. The number of hydrogen-bond donors (Lipinski definition) is 1. The van der Waals surface area contributed by atoms with Crippen molar-refractivity contribution >= 4 is 15.9 Å². The maximum atomic E-state index is 12.5. The summed E-state index contributed by atoms with van der Waals surface area (Å²) in [4.78, 5) is 12.2. The van der Waals surface area contributed by atoms with Crippen LogP contribution in [0.3, 0.4) is 0 Å². The summed E-state index contributed by atoms with van der Waals surface area (Å²) in [7, 11) is -4.02. The Morgan fingerprint density at radius 1 is 1.38 bits per heavy atom. The van der Waals surface area contributed by atoms with E-state index < -0.39 is 15.9 Å². The standard InChI is InChI=1S/C16H19N3O4S/c1-2-23-14-8-3-4-9-15(14)24(21,22)18-16(20)12-10-17-19(11-12)13-6-5-7-13/h3-4,8-11,13H,2,5-7H2,1H3,(H,18,20). The van der Waals surface area contributed by atoms with Crippen molar-refractivity contribution in [3.63, 3.8) is 0 Å². The molecule has 24 heavy (non-hydrogen) atoms. The van der Waals surface area contributed by atoms with Gasteiger partial charge in [0.1, 0.15) is 10.6 Å². The van der Waals surface area contributed by atoms with Gasteiger partial charge in [-0.3, -0.25) is 9.48 Å². The molecule has 128 valence electrons. The second-order valence-electron chi connectivity index (χ2n) is 5.61. The number of ether oxygens (including phenoxy) is 1. The second kappa shape index (κ2) is 6.64. The van der Waals surface area contributed by atoms with E-state index in [2.05, 4.69) is 9.82 Å². The quantitative estimate of drug-likeness (QED) is 0.863. The first kappa shape index (κ1) is 16.5. The molecule has 2 aromatic rings. The van der Waals surface area contributed by atoms with Gasteiger partial charge in [0.2, 0.25) is 0 Å². The predicted molar refractivity (Wildman–Crippen MR) is 87.4 cm³/mol. The summed E-state index contributed by atoms with van der Waals surface area (Å²) in [6.45, 7) is 2.09. The number of rotatable bonds is 6. The molecule has 1 heterocycles. The molecule has 8 heteroatoms. The summed E-state index contributed by atoms with van der Waals surface area (Å²) in [6, 6.07) is 6.52. The lowest BCUT2D eigenvalue weighted by atomic mass is 9.93. The zero-order valence-electron chi connectivity index (χ0n) is 13.3. The predicted octanol–water partition coefficient (Wildman–Crippen LogP) is 2.13. The molecule has 0 spiro atoms. The Morgan fingerprint density at radius 3 is 2.79 bits per heavy atom. The third-order valence-electron chi connectivity index (χ3n) is 3.98. The van der Waals surface area contributed by atoms with Crippen LogP contribution in [0.5, 0.6) is 5.75 Å². The molecule has 0 aliphatic heterocycles. The van der Waals surface area contributed by atoms with E-state index in [1.54, 1.807) is 36.0 Å². The van der Waals surface area contributed by atoms with Crippen LogP contribution in [-0.2, 0) is 10.0 Å². The summed E-state index contributed by atoms with van der Waals surface area (Å²) >= 11 is 0. The van der Waals surface area contributed by atoms with Gasteiger partial charge in [-0.25, -0.2) is 13.1 Å². The molecular weight excluding hydrogens is 330 g/mol. The van der Waals surface area contributed by atoms with E-state index in [0.717, 1.165) is 19.3 Å². The van der Waals surface area contributed by atoms with E-state index >= 15 is 0 Å². The fourth-order valence-electron chi connectivity index (χ4n) is 2.49. The third-order valence-corrected chi connectivity index (χ3v) is 5.35. The van der Waals surface area contributed by atoms with Gasteiger partial charge in [0.25, 0.3) is 15.9 Å². The molecular formula is C16H19N3O4S. The average molecular weight is 349 g/mol. The van der Waals surface area contributed by atoms with E-state index in [1.165, 1.54) is 12.3 Å². The van der Waals surface area contributed by atoms with Crippen molar-refractivity contribution < 1.29 is 17.9 Å². The maximum Gasteiger partial charge on any atom is 0.268 e. The molecule has 1 saturated carbocycles. The van der Waals surface area contributed by atoms with Crippen molar-refractivity contribution in [3.8, 4) is 5.75 Å². The molecule has 1 amide bonds. The van der Waals surface area contributed by atoms with Gasteiger partial charge >= 0.3 is 0 Å². The number of benzene rings is 1. The topological polar surface area (TPSA) is 90.3 Å². The molecule has 1 aliphatic rings. The van der Waals surface area contributed by atoms with E-state index in [9.17, 15) is 13.2 Å². The minimum atomic E-state index is -4.02. The van der Waals surface area contributed by atoms with Crippen molar-refractivity contribution in [1.29, 1.82) is 0 Å². The zero-order valence-corrected chi connectivity index (χ0v) is 14.1. The van der Waals surface area contributed by atoms with Crippen LogP contribution in [0.4, 0.5) is 0 Å². The summed E-state index contributed by atoms with van der Waals surface area (Å²) in [5, 5.41) is 4.15. The van der Waals surface area contributed by atoms with E-state index in [4.69, 9.17) is 4.74 Å². The van der Waals surface area contributed by atoms with Crippen molar-refractivity contribution in [2.24, 2.45) is 0 Å². The Kier molecular flexibility index (Phi) is 4.57. The summed E-state index contributed by atoms with van der Waals surface area (Å²) < 4.78 is 34.1. The molecule has 7 nitrogen and oxygen atoms in total. The van der Waals surface area contributed by atoms with Crippen LogP contribution >= 0.6 is 0 Å². The van der Waals surface area contributed by atoms with Crippen LogP contribution in [0.15, 0.2) is 41.6 Å². The first-order valence-corrected chi connectivity index (χ1v) is 9.32. The van der Waals surface area contributed by atoms with Crippen LogP contribution < -0.4 is 9.46 Å². The van der Waals surface area contributed by atoms with Crippen LogP contribution in [-0.4, -0.2) is 30.7 Å². The monoisotopic (exact) mass is 349 g/mol. The van der Waals surface area contributed by atoms with Crippen LogP contribution in [0.2, 0.25) is 0 Å². The van der Waals surface area contributed by atoms with Crippen LogP contribution in [0, 0.1) is 0 Å². The maximum absolute atomic E-state index is 12.5. The fourth-order valence-corrected chi connectivity index (χ4v) is 3.61. The van der Waals surface area contributed by atoms with Gasteiger partial charge in [-0.2, -0.15) is 5.10 Å². The molecule has 0 bridgehead atoms. The van der Waals surface area contributed by atoms with Crippen LogP contribution in [0.25, 0.3) is 0 Å². The van der Waals surface area contributed by atoms with Crippen LogP contribution in [0.1, 0.15) is 42.6 Å². The largest absolute Gasteiger partial charge is 0.492 e. The smallest absolute Gasteiger partial charge is 0.268 e. The van der Waals surface area contributed by atoms with Gasteiger partial charge in [0, 0.05) is 6.20 Å². The average Bonchev–Trinajstić information content (AvgIpc) is 2.95. The first-order valence-electron chi connectivity index (χ1n) is 7.84. The lowest BCUT2D eigenvalue weighted by Crippen LogP contribution is -2.30. The number of carbonyl (C=O) groups is 1. The number of hydrogen-bond acceptors (Lipinski definition) is 5. The van der Waals surface area contributed by atoms with E-state index in [1.807, 2.05) is 0 Å². The minimum Gasteiger partial charge on any atom is -0.492 e. The molecule has 1 aliphatic carbocycles. The molecule has 0 radical (unpaired) electrons. The fraction of sp³-hybridized carbons (Fsp3) is 0.375. The molecule has 1 N–H and O–H groups in total.